The van der Waals surface area contributed by atoms with Gasteiger partial charge in [-0.3, -0.25) is 4.68 Å². The number of fused-ring (bicyclic) bond motifs is 4. The summed E-state index contributed by atoms with van der Waals surface area (Å²) in [6.07, 6.45) is 10.6. The van der Waals surface area contributed by atoms with E-state index < -0.39 is 0 Å². The molecule has 2 heterocycles. The second kappa shape index (κ2) is 4.04. The lowest BCUT2D eigenvalue weighted by Gasteiger charge is -2.51. The second-order valence-corrected chi connectivity index (χ2v) is 7.53. The molecule has 0 aromatic carbocycles. The Morgan fingerprint density at radius 1 is 1.41 bits per heavy atom. The van der Waals surface area contributed by atoms with Crippen LogP contribution in [0.25, 0.3) is 0 Å². The maximum atomic E-state index is 5.71. The molecule has 0 saturated heterocycles. The molecule has 0 aliphatic heterocycles. The van der Waals surface area contributed by atoms with E-state index in [1.165, 1.54) is 16.8 Å². The highest BCUT2D eigenvalue weighted by atomic mass is 16.5. The average molecular weight is 295 g/mol. The quantitative estimate of drug-likeness (QED) is 0.702. The molecule has 0 N–H and O–H groups in total. The lowest BCUT2D eigenvalue weighted by Crippen LogP contribution is -2.51. The highest BCUT2D eigenvalue weighted by Crippen LogP contribution is 2.56. The van der Waals surface area contributed by atoms with E-state index in [4.69, 9.17) is 16.0 Å². The molecular formula is C18H21N3O. The van der Waals surface area contributed by atoms with Crippen molar-refractivity contribution in [1.29, 1.82) is 0 Å². The van der Waals surface area contributed by atoms with Gasteiger partial charge in [0, 0.05) is 29.0 Å². The smallest absolute Gasteiger partial charge is 0.145 e. The van der Waals surface area contributed by atoms with Crippen molar-refractivity contribution >= 4 is 0 Å². The summed E-state index contributed by atoms with van der Waals surface area (Å²) >= 11 is 0. The van der Waals surface area contributed by atoms with E-state index in [1.54, 1.807) is 0 Å². The van der Waals surface area contributed by atoms with Crippen LogP contribution in [-0.4, -0.2) is 14.9 Å². The van der Waals surface area contributed by atoms with Crippen molar-refractivity contribution in [3.05, 3.63) is 34.5 Å². The Kier molecular flexibility index (Phi) is 2.50. The molecule has 2 aromatic heterocycles. The van der Waals surface area contributed by atoms with E-state index in [0.717, 1.165) is 30.7 Å². The molecular weight excluding hydrogens is 274 g/mol. The maximum absolute atomic E-state index is 5.71. The molecule has 0 fully saturated rings. The predicted octanol–water partition coefficient (Wildman–Crippen LogP) is 2.74. The number of terminal acetylenes is 1. The van der Waals surface area contributed by atoms with Gasteiger partial charge in [-0.25, -0.2) is 0 Å². The van der Waals surface area contributed by atoms with Crippen LogP contribution in [0, 0.1) is 18.3 Å². The summed E-state index contributed by atoms with van der Waals surface area (Å²) in [5.41, 5.74) is 4.54. The van der Waals surface area contributed by atoms with Gasteiger partial charge in [-0.15, -0.1) is 6.42 Å². The Morgan fingerprint density at radius 3 is 2.91 bits per heavy atom. The molecule has 0 spiro atoms. The van der Waals surface area contributed by atoms with Crippen molar-refractivity contribution in [2.75, 3.05) is 0 Å². The molecule has 2 aliphatic carbocycles. The highest BCUT2D eigenvalue weighted by Gasteiger charge is 2.55. The van der Waals surface area contributed by atoms with Crippen molar-refractivity contribution in [1.82, 2.24) is 14.9 Å². The van der Waals surface area contributed by atoms with Crippen LogP contribution in [0.2, 0.25) is 0 Å². The fourth-order valence-corrected chi connectivity index (χ4v) is 5.05. The minimum atomic E-state index is -0.0373. The van der Waals surface area contributed by atoms with Gasteiger partial charge < -0.3 is 4.52 Å². The summed E-state index contributed by atoms with van der Waals surface area (Å²) in [6, 6.07) is 0. The molecule has 4 nitrogen and oxygen atoms in total. The lowest BCUT2D eigenvalue weighted by atomic mass is 9.51. The predicted molar refractivity (Wildman–Crippen MR) is 83.5 cm³/mol. The fourth-order valence-electron chi connectivity index (χ4n) is 5.05. The molecule has 2 aliphatic rings. The number of rotatable bonds is 0. The Balaban J connectivity index is 1.96. The first-order valence-corrected chi connectivity index (χ1v) is 7.86. The number of aryl methyl sites for hydroxylation is 1. The SMILES string of the molecule is C#Cc1c2c(nn1C)[C@@]1(C)Cc3cnoc3C(C)(C)[C@@H]1CC2. The van der Waals surface area contributed by atoms with Gasteiger partial charge in [0.1, 0.15) is 11.5 Å². The van der Waals surface area contributed by atoms with Crippen molar-refractivity contribution in [2.24, 2.45) is 13.0 Å². The molecule has 0 saturated carbocycles. The molecule has 0 amide bonds. The summed E-state index contributed by atoms with van der Waals surface area (Å²) < 4.78 is 7.46. The monoisotopic (exact) mass is 295 g/mol. The van der Waals surface area contributed by atoms with Crippen LogP contribution < -0.4 is 0 Å². The summed E-state index contributed by atoms with van der Waals surface area (Å²) in [5, 5.41) is 8.87. The largest absolute Gasteiger partial charge is 0.361 e. The molecule has 22 heavy (non-hydrogen) atoms. The van der Waals surface area contributed by atoms with Crippen LogP contribution >= 0.6 is 0 Å². The van der Waals surface area contributed by atoms with Crippen LogP contribution in [0.3, 0.4) is 0 Å². The van der Waals surface area contributed by atoms with E-state index in [9.17, 15) is 0 Å². The Labute approximate surface area is 130 Å². The van der Waals surface area contributed by atoms with Gasteiger partial charge in [-0.05, 0) is 25.2 Å². The Morgan fingerprint density at radius 2 is 2.18 bits per heavy atom. The topological polar surface area (TPSA) is 43.9 Å². The molecule has 114 valence electrons. The third-order valence-corrected chi connectivity index (χ3v) is 5.93. The van der Waals surface area contributed by atoms with Crippen LogP contribution in [0.1, 0.15) is 55.5 Å². The zero-order chi connectivity index (χ0) is 15.7. The van der Waals surface area contributed by atoms with Crippen molar-refractivity contribution in [2.45, 2.75) is 50.9 Å². The molecule has 4 rings (SSSR count). The van der Waals surface area contributed by atoms with Gasteiger partial charge in [0.05, 0.1) is 11.9 Å². The third-order valence-electron chi connectivity index (χ3n) is 5.93. The third kappa shape index (κ3) is 1.44. The van der Waals surface area contributed by atoms with Crippen LogP contribution in [0.4, 0.5) is 0 Å². The molecule has 4 heteroatoms. The zero-order valence-electron chi connectivity index (χ0n) is 13.6. The summed E-state index contributed by atoms with van der Waals surface area (Å²) in [6.45, 7) is 6.88. The molecule has 2 aromatic rings. The van der Waals surface area contributed by atoms with Gasteiger partial charge in [-0.2, -0.15) is 5.10 Å². The number of nitrogens with zero attached hydrogens (tertiary/aromatic N) is 3. The first-order chi connectivity index (χ1) is 10.4. The first kappa shape index (κ1) is 13.6. The standard InChI is InChI=1S/C18H21N3O/c1-6-13-12-7-8-14-17(2,3)16-11(10-19-22-16)9-18(14,4)15(12)20-21(13)5/h1,10,14H,7-9H2,2-5H3/t14-,18-/m0/s1. The molecule has 2 atom stereocenters. The lowest BCUT2D eigenvalue weighted by molar-refractivity contribution is 0.109. The maximum Gasteiger partial charge on any atom is 0.145 e. The van der Waals surface area contributed by atoms with Gasteiger partial charge in [0.25, 0.3) is 0 Å². The molecule has 0 bridgehead atoms. The van der Waals surface area contributed by atoms with Gasteiger partial charge in [0.2, 0.25) is 0 Å². The van der Waals surface area contributed by atoms with E-state index >= 15 is 0 Å². The van der Waals surface area contributed by atoms with E-state index in [-0.39, 0.29) is 10.8 Å². The minimum absolute atomic E-state index is 0.0114. The van der Waals surface area contributed by atoms with E-state index in [0.29, 0.717) is 5.92 Å². The summed E-state index contributed by atoms with van der Waals surface area (Å²) in [4.78, 5) is 0. The number of hydrogen-bond donors (Lipinski definition) is 0. The fraction of sp³-hybridized carbons (Fsp3) is 0.556. The van der Waals surface area contributed by atoms with Crippen LogP contribution in [0.15, 0.2) is 10.7 Å². The van der Waals surface area contributed by atoms with Gasteiger partial charge in [0.15, 0.2) is 0 Å². The summed E-state index contributed by atoms with van der Waals surface area (Å²) in [7, 11) is 1.95. The first-order valence-electron chi connectivity index (χ1n) is 7.86. The zero-order valence-corrected chi connectivity index (χ0v) is 13.6. The van der Waals surface area contributed by atoms with Crippen molar-refractivity contribution in [3.8, 4) is 12.3 Å². The molecule has 0 radical (unpaired) electrons. The average Bonchev–Trinajstić information content (AvgIpc) is 3.03. The van der Waals surface area contributed by atoms with Gasteiger partial charge in [-0.1, -0.05) is 31.8 Å². The van der Waals surface area contributed by atoms with E-state index in [2.05, 4.69) is 31.8 Å². The van der Waals surface area contributed by atoms with Crippen molar-refractivity contribution < 1.29 is 4.52 Å². The Bertz CT molecular complexity index is 805. The second-order valence-electron chi connectivity index (χ2n) is 7.53. The normalized spacial score (nSPS) is 28.4. The summed E-state index contributed by atoms with van der Waals surface area (Å²) in [5.74, 6) is 4.35. The van der Waals surface area contributed by atoms with Crippen molar-refractivity contribution in [3.63, 3.8) is 0 Å². The van der Waals surface area contributed by atoms with Gasteiger partial charge >= 0.3 is 0 Å². The molecule has 0 unspecified atom stereocenters. The highest BCUT2D eigenvalue weighted by molar-refractivity contribution is 5.47. The van der Waals surface area contributed by atoms with Crippen LogP contribution in [-0.2, 0) is 30.7 Å². The van der Waals surface area contributed by atoms with E-state index in [1.807, 2.05) is 17.9 Å². The number of hydrogen-bond acceptors (Lipinski definition) is 3. The van der Waals surface area contributed by atoms with Crippen LogP contribution in [0.5, 0.6) is 0 Å². The Hall–Kier alpha value is -2.02. The number of aromatic nitrogens is 3. The minimum Gasteiger partial charge on any atom is -0.361 e.